The molecule has 1 rings (SSSR count). The second-order valence-corrected chi connectivity index (χ2v) is 5.98. The lowest BCUT2D eigenvalue weighted by Gasteiger charge is -2.30. The minimum absolute atomic E-state index is 0. The fourth-order valence-corrected chi connectivity index (χ4v) is 3.18. The Balaban J connectivity index is 0.00000256. The van der Waals surface area contributed by atoms with Crippen LogP contribution in [0.25, 0.3) is 0 Å². The molecular weight excluding hydrogens is 266 g/mol. The third-order valence-electron chi connectivity index (χ3n) is 2.89. The Morgan fingerprint density at radius 2 is 1.94 bits per heavy atom. The summed E-state index contributed by atoms with van der Waals surface area (Å²) < 4.78 is 25.0. The first-order valence-electron chi connectivity index (χ1n) is 5.38. The van der Waals surface area contributed by atoms with Gasteiger partial charge in [-0.25, -0.2) is 12.7 Å². The van der Waals surface area contributed by atoms with Gasteiger partial charge in [0.25, 0.3) is 0 Å². The standard InChI is InChI=1S/C9H19N3O3S.ClH/c1-11-9(13)7-16(14,15)12-4-2-8(6-10)3-5-12;/h8H,2-7,10H2,1H3,(H,11,13);1H. The Hall–Kier alpha value is -0.370. The molecule has 0 aliphatic carbocycles. The Labute approximate surface area is 108 Å². The van der Waals surface area contributed by atoms with E-state index < -0.39 is 21.7 Å². The first kappa shape index (κ1) is 16.6. The van der Waals surface area contributed by atoms with Crippen molar-refractivity contribution in [2.24, 2.45) is 11.7 Å². The van der Waals surface area contributed by atoms with Crippen molar-refractivity contribution in [2.45, 2.75) is 12.8 Å². The smallest absolute Gasteiger partial charge is 0.236 e. The summed E-state index contributed by atoms with van der Waals surface area (Å²) in [5, 5.41) is 2.32. The van der Waals surface area contributed by atoms with Gasteiger partial charge in [0.15, 0.2) is 0 Å². The van der Waals surface area contributed by atoms with Gasteiger partial charge in [0.2, 0.25) is 15.9 Å². The number of rotatable bonds is 4. The molecule has 0 aromatic heterocycles. The van der Waals surface area contributed by atoms with Gasteiger partial charge in [-0.2, -0.15) is 0 Å². The van der Waals surface area contributed by atoms with Gasteiger partial charge in [-0.05, 0) is 25.3 Å². The zero-order valence-corrected chi connectivity index (χ0v) is 11.5. The second-order valence-electron chi connectivity index (χ2n) is 4.01. The van der Waals surface area contributed by atoms with Gasteiger partial charge in [-0.15, -0.1) is 12.4 Å². The van der Waals surface area contributed by atoms with Gasteiger partial charge < -0.3 is 11.1 Å². The predicted molar refractivity (Wildman–Crippen MR) is 68.5 cm³/mol. The monoisotopic (exact) mass is 285 g/mol. The summed E-state index contributed by atoms with van der Waals surface area (Å²) >= 11 is 0. The quantitative estimate of drug-likeness (QED) is 0.704. The minimum Gasteiger partial charge on any atom is -0.358 e. The highest BCUT2D eigenvalue weighted by Crippen LogP contribution is 2.18. The Kier molecular flexibility index (Phi) is 6.99. The number of nitrogens with two attached hydrogens (primary N) is 1. The summed E-state index contributed by atoms with van der Waals surface area (Å²) in [6, 6.07) is 0. The summed E-state index contributed by atoms with van der Waals surface area (Å²) in [5.41, 5.74) is 5.53. The van der Waals surface area contributed by atoms with Crippen LogP contribution < -0.4 is 11.1 Å². The first-order chi connectivity index (χ1) is 7.49. The van der Waals surface area contributed by atoms with Gasteiger partial charge in [-0.1, -0.05) is 0 Å². The van der Waals surface area contributed by atoms with Crippen molar-refractivity contribution in [2.75, 3.05) is 32.4 Å². The van der Waals surface area contributed by atoms with Crippen molar-refractivity contribution >= 4 is 28.3 Å². The molecule has 0 bridgehead atoms. The lowest BCUT2D eigenvalue weighted by atomic mass is 9.99. The summed E-state index contributed by atoms with van der Waals surface area (Å²) in [4.78, 5) is 11.1. The van der Waals surface area contributed by atoms with Crippen LogP contribution >= 0.6 is 12.4 Å². The van der Waals surface area contributed by atoms with E-state index in [9.17, 15) is 13.2 Å². The Bertz CT molecular complexity index is 339. The SMILES string of the molecule is CNC(=O)CS(=O)(=O)N1CCC(CN)CC1.Cl. The van der Waals surface area contributed by atoms with Crippen LogP contribution in [-0.4, -0.2) is 51.1 Å². The molecule has 1 aliphatic rings. The first-order valence-corrected chi connectivity index (χ1v) is 6.99. The van der Waals surface area contributed by atoms with E-state index >= 15 is 0 Å². The molecule has 0 radical (unpaired) electrons. The van der Waals surface area contributed by atoms with Gasteiger partial charge >= 0.3 is 0 Å². The van der Waals surface area contributed by atoms with Gasteiger partial charge in [0.05, 0.1) is 0 Å². The molecule has 17 heavy (non-hydrogen) atoms. The van der Waals surface area contributed by atoms with Crippen LogP contribution in [0.2, 0.25) is 0 Å². The van der Waals surface area contributed by atoms with E-state index in [-0.39, 0.29) is 12.4 Å². The second kappa shape index (κ2) is 7.15. The van der Waals surface area contributed by atoms with Crippen LogP contribution in [0.3, 0.4) is 0 Å². The van der Waals surface area contributed by atoms with Gasteiger partial charge in [-0.3, -0.25) is 4.79 Å². The highest BCUT2D eigenvalue weighted by atomic mass is 35.5. The van der Waals surface area contributed by atoms with Crippen molar-refractivity contribution in [3.8, 4) is 0 Å². The molecule has 8 heteroatoms. The fourth-order valence-electron chi connectivity index (χ4n) is 1.75. The summed E-state index contributed by atoms with van der Waals surface area (Å²) in [5.74, 6) is -0.524. The van der Waals surface area contributed by atoms with Crippen molar-refractivity contribution in [1.82, 2.24) is 9.62 Å². The topological polar surface area (TPSA) is 92.5 Å². The summed E-state index contributed by atoms with van der Waals surface area (Å²) in [6.07, 6.45) is 1.56. The number of amides is 1. The maximum absolute atomic E-state index is 11.8. The average Bonchev–Trinajstić information content (AvgIpc) is 2.28. The van der Waals surface area contributed by atoms with Crippen molar-refractivity contribution in [3.63, 3.8) is 0 Å². The number of hydrogen-bond donors (Lipinski definition) is 2. The van der Waals surface area contributed by atoms with Crippen molar-refractivity contribution < 1.29 is 13.2 Å². The molecule has 6 nitrogen and oxygen atoms in total. The molecule has 0 atom stereocenters. The van der Waals surface area contributed by atoms with Crippen LogP contribution in [0.5, 0.6) is 0 Å². The van der Waals surface area contributed by atoms with Crippen molar-refractivity contribution in [1.29, 1.82) is 0 Å². The molecule has 1 fully saturated rings. The molecule has 0 aromatic carbocycles. The highest BCUT2D eigenvalue weighted by molar-refractivity contribution is 7.89. The molecule has 1 heterocycles. The molecule has 1 aliphatic heterocycles. The van der Waals surface area contributed by atoms with Gasteiger partial charge in [0.1, 0.15) is 5.75 Å². The Morgan fingerprint density at radius 3 is 2.35 bits per heavy atom. The predicted octanol–water partition coefficient (Wildman–Crippen LogP) is -0.845. The molecule has 1 amide bonds. The molecule has 0 aromatic rings. The number of nitrogens with one attached hydrogen (secondary N) is 1. The van der Waals surface area contributed by atoms with E-state index in [2.05, 4.69) is 5.32 Å². The zero-order chi connectivity index (χ0) is 12.2. The maximum Gasteiger partial charge on any atom is 0.236 e. The van der Waals surface area contributed by atoms with E-state index in [4.69, 9.17) is 5.73 Å². The molecule has 1 saturated heterocycles. The number of carbonyl (C=O) groups excluding carboxylic acids is 1. The number of piperidine rings is 1. The van der Waals surface area contributed by atoms with Gasteiger partial charge in [0, 0.05) is 20.1 Å². The number of hydrogen-bond acceptors (Lipinski definition) is 4. The third kappa shape index (κ3) is 4.79. The lowest BCUT2D eigenvalue weighted by Crippen LogP contribution is -2.43. The third-order valence-corrected chi connectivity index (χ3v) is 4.67. The van der Waals surface area contributed by atoms with E-state index in [0.29, 0.717) is 25.6 Å². The molecular formula is C9H20ClN3O3S. The lowest BCUT2D eigenvalue weighted by molar-refractivity contribution is -0.118. The summed E-state index contributed by atoms with van der Waals surface area (Å²) in [7, 11) is -2.02. The highest BCUT2D eigenvalue weighted by Gasteiger charge is 2.28. The van der Waals surface area contributed by atoms with E-state index in [1.807, 2.05) is 0 Å². The Morgan fingerprint density at radius 1 is 1.41 bits per heavy atom. The summed E-state index contributed by atoms with van der Waals surface area (Å²) in [6.45, 7) is 1.55. The minimum atomic E-state index is -3.45. The number of halogens is 1. The van der Waals surface area contributed by atoms with E-state index in [0.717, 1.165) is 12.8 Å². The van der Waals surface area contributed by atoms with Crippen LogP contribution in [0.15, 0.2) is 0 Å². The van der Waals surface area contributed by atoms with Crippen LogP contribution in [0.4, 0.5) is 0 Å². The van der Waals surface area contributed by atoms with Crippen LogP contribution in [0, 0.1) is 5.92 Å². The zero-order valence-electron chi connectivity index (χ0n) is 9.89. The van der Waals surface area contributed by atoms with Crippen molar-refractivity contribution in [3.05, 3.63) is 0 Å². The van der Waals surface area contributed by atoms with Crippen LogP contribution in [-0.2, 0) is 14.8 Å². The fraction of sp³-hybridized carbons (Fsp3) is 0.889. The number of carbonyl (C=O) groups is 1. The molecule has 0 spiro atoms. The van der Waals surface area contributed by atoms with E-state index in [1.165, 1.54) is 11.4 Å². The average molecular weight is 286 g/mol. The molecule has 102 valence electrons. The molecule has 3 N–H and O–H groups in total. The van der Waals surface area contributed by atoms with E-state index in [1.54, 1.807) is 0 Å². The normalized spacial score (nSPS) is 18.5. The number of sulfonamides is 1. The number of nitrogens with zero attached hydrogens (tertiary/aromatic N) is 1. The largest absolute Gasteiger partial charge is 0.358 e. The molecule has 0 saturated carbocycles. The maximum atomic E-state index is 11.8. The van der Waals surface area contributed by atoms with Crippen LogP contribution in [0.1, 0.15) is 12.8 Å². The molecule has 0 unspecified atom stereocenters.